The number of methoxy groups -OCH3 is 1. The summed E-state index contributed by atoms with van der Waals surface area (Å²) in [6.07, 6.45) is 1.23. The average Bonchev–Trinajstić information content (AvgIpc) is 2.83. The lowest BCUT2D eigenvalue weighted by Gasteiger charge is -2.28. The number of anilines is 1. The van der Waals surface area contributed by atoms with Gasteiger partial charge in [0.2, 0.25) is 5.91 Å². The van der Waals surface area contributed by atoms with Crippen LogP contribution in [0.2, 0.25) is 0 Å². The van der Waals surface area contributed by atoms with Crippen molar-refractivity contribution in [2.24, 2.45) is 0 Å². The van der Waals surface area contributed by atoms with Gasteiger partial charge in [0.15, 0.2) is 0 Å². The van der Waals surface area contributed by atoms with Gasteiger partial charge in [0.05, 0.1) is 12.5 Å². The maximum Gasteiger partial charge on any atom is 0.305 e. The van der Waals surface area contributed by atoms with E-state index in [-0.39, 0.29) is 18.3 Å². The summed E-state index contributed by atoms with van der Waals surface area (Å²) < 4.78 is 4.79. The smallest absolute Gasteiger partial charge is 0.305 e. The number of carbonyl (C=O) groups is 2. The molecular weight excluding hydrogens is 302 g/mol. The van der Waals surface area contributed by atoms with Gasteiger partial charge < -0.3 is 9.64 Å². The van der Waals surface area contributed by atoms with Crippen LogP contribution in [0.1, 0.15) is 24.0 Å². The fourth-order valence-corrected chi connectivity index (χ4v) is 3.58. The summed E-state index contributed by atoms with van der Waals surface area (Å²) in [6.45, 7) is 0. The van der Waals surface area contributed by atoms with Crippen LogP contribution in [0.25, 0.3) is 0 Å². The van der Waals surface area contributed by atoms with Crippen molar-refractivity contribution < 1.29 is 14.3 Å². The summed E-state index contributed by atoms with van der Waals surface area (Å²) in [4.78, 5) is 26.6. The first kappa shape index (κ1) is 16.2. The van der Waals surface area contributed by atoms with Gasteiger partial charge in [-0.1, -0.05) is 48.5 Å². The fourth-order valence-electron chi connectivity index (χ4n) is 3.58. The predicted octanol–water partition coefficient (Wildman–Crippen LogP) is 3.10. The zero-order valence-corrected chi connectivity index (χ0v) is 14.0. The Morgan fingerprint density at radius 2 is 1.75 bits per heavy atom. The van der Waals surface area contributed by atoms with Crippen LogP contribution in [0, 0.1) is 0 Å². The molecule has 4 heteroatoms. The lowest BCUT2D eigenvalue weighted by atomic mass is 9.73. The number of rotatable bonds is 5. The molecule has 124 valence electrons. The summed E-state index contributed by atoms with van der Waals surface area (Å²) in [5, 5.41) is 0. The molecule has 24 heavy (non-hydrogen) atoms. The lowest BCUT2D eigenvalue weighted by Crippen LogP contribution is -2.41. The molecule has 0 aliphatic carbocycles. The van der Waals surface area contributed by atoms with Crippen molar-refractivity contribution in [3.05, 3.63) is 65.7 Å². The fraction of sp³-hybridized carbons (Fsp3) is 0.300. The van der Waals surface area contributed by atoms with E-state index in [1.54, 1.807) is 11.9 Å². The minimum absolute atomic E-state index is 0.0384. The van der Waals surface area contributed by atoms with Gasteiger partial charge in [0.1, 0.15) is 0 Å². The second-order valence-electron chi connectivity index (χ2n) is 6.20. The SMILES string of the molecule is COC(=O)CCC1(Cc2ccccc2)C(=O)N(C)c2ccccc21. The van der Waals surface area contributed by atoms with Gasteiger partial charge in [-0.15, -0.1) is 0 Å². The Bertz CT molecular complexity index is 756. The summed E-state index contributed by atoms with van der Waals surface area (Å²) in [7, 11) is 3.18. The molecule has 0 spiro atoms. The molecule has 0 fully saturated rings. The van der Waals surface area contributed by atoms with E-state index >= 15 is 0 Å². The largest absolute Gasteiger partial charge is 0.469 e. The third-order valence-electron chi connectivity index (χ3n) is 4.83. The van der Waals surface area contributed by atoms with Gasteiger partial charge in [-0.05, 0) is 30.0 Å². The number of ether oxygens (including phenoxy) is 1. The Morgan fingerprint density at radius 3 is 2.46 bits per heavy atom. The van der Waals surface area contributed by atoms with Crippen molar-refractivity contribution in [1.82, 2.24) is 0 Å². The molecule has 2 aromatic rings. The molecule has 0 aromatic heterocycles. The van der Waals surface area contributed by atoms with Crippen LogP contribution in [0.4, 0.5) is 5.69 Å². The van der Waals surface area contributed by atoms with Gasteiger partial charge in [-0.3, -0.25) is 9.59 Å². The lowest BCUT2D eigenvalue weighted by molar-refractivity contribution is -0.141. The van der Waals surface area contributed by atoms with Gasteiger partial charge in [-0.25, -0.2) is 0 Å². The van der Waals surface area contributed by atoms with Crippen molar-refractivity contribution >= 4 is 17.6 Å². The third-order valence-corrected chi connectivity index (χ3v) is 4.83. The first-order chi connectivity index (χ1) is 11.6. The minimum Gasteiger partial charge on any atom is -0.469 e. The molecule has 0 saturated carbocycles. The molecule has 1 aliphatic heterocycles. The highest BCUT2D eigenvalue weighted by molar-refractivity contribution is 6.08. The van der Waals surface area contributed by atoms with E-state index in [4.69, 9.17) is 4.74 Å². The van der Waals surface area contributed by atoms with Crippen molar-refractivity contribution in [3.63, 3.8) is 0 Å². The second-order valence-corrected chi connectivity index (χ2v) is 6.20. The average molecular weight is 323 g/mol. The Labute approximate surface area is 142 Å². The van der Waals surface area contributed by atoms with Crippen LogP contribution in [0.15, 0.2) is 54.6 Å². The zero-order chi connectivity index (χ0) is 17.2. The molecule has 2 aromatic carbocycles. The van der Waals surface area contributed by atoms with Crippen LogP contribution >= 0.6 is 0 Å². The van der Waals surface area contributed by atoms with Gasteiger partial charge in [0, 0.05) is 19.2 Å². The van der Waals surface area contributed by atoms with E-state index in [2.05, 4.69) is 0 Å². The molecule has 0 N–H and O–H groups in total. The van der Waals surface area contributed by atoms with Crippen LogP contribution in [-0.4, -0.2) is 26.0 Å². The number of benzene rings is 2. The Balaban J connectivity index is 2.05. The van der Waals surface area contributed by atoms with E-state index in [0.29, 0.717) is 12.8 Å². The number of fused-ring (bicyclic) bond motifs is 1. The molecule has 0 radical (unpaired) electrons. The summed E-state index contributed by atoms with van der Waals surface area (Å²) in [5.41, 5.74) is 2.27. The monoisotopic (exact) mass is 323 g/mol. The molecule has 4 nitrogen and oxygen atoms in total. The molecule has 1 atom stereocenters. The van der Waals surface area contributed by atoms with E-state index < -0.39 is 5.41 Å². The maximum atomic E-state index is 13.2. The molecule has 0 bridgehead atoms. The standard InChI is InChI=1S/C20H21NO3/c1-21-17-11-7-6-10-16(17)20(19(21)23,13-12-18(22)24-2)14-15-8-4-3-5-9-15/h3-11H,12-14H2,1-2H3. The van der Waals surface area contributed by atoms with E-state index in [1.165, 1.54) is 7.11 Å². The molecule has 1 heterocycles. The van der Waals surface area contributed by atoms with Crippen molar-refractivity contribution in [1.29, 1.82) is 0 Å². The number of amides is 1. The van der Waals surface area contributed by atoms with E-state index in [9.17, 15) is 9.59 Å². The highest BCUT2D eigenvalue weighted by Gasteiger charge is 2.49. The van der Waals surface area contributed by atoms with Gasteiger partial charge in [0.25, 0.3) is 0 Å². The predicted molar refractivity (Wildman–Crippen MR) is 92.9 cm³/mol. The molecule has 1 unspecified atom stereocenters. The van der Waals surface area contributed by atoms with Crippen LogP contribution in [0.5, 0.6) is 0 Å². The van der Waals surface area contributed by atoms with Crippen LogP contribution in [0.3, 0.4) is 0 Å². The molecular formula is C20H21NO3. The van der Waals surface area contributed by atoms with Crippen molar-refractivity contribution in [3.8, 4) is 0 Å². The normalized spacial score (nSPS) is 19.2. The van der Waals surface area contributed by atoms with Gasteiger partial charge >= 0.3 is 5.97 Å². The first-order valence-electron chi connectivity index (χ1n) is 8.07. The number of esters is 1. The summed E-state index contributed by atoms with van der Waals surface area (Å²) in [6, 6.07) is 17.8. The number of hydrogen-bond acceptors (Lipinski definition) is 3. The quantitative estimate of drug-likeness (QED) is 0.794. The highest BCUT2D eigenvalue weighted by Crippen LogP contribution is 2.46. The van der Waals surface area contributed by atoms with Crippen LogP contribution in [-0.2, 0) is 26.2 Å². The number of likely N-dealkylation sites (N-methyl/N-ethyl adjacent to an activating group) is 1. The Hall–Kier alpha value is -2.62. The Morgan fingerprint density at radius 1 is 1.08 bits per heavy atom. The summed E-state index contributed by atoms with van der Waals surface area (Å²) >= 11 is 0. The number of carbonyl (C=O) groups excluding carboxylic acids is 2. The molecule has 3 rings (SSSR count). The molecule has 1 aliphatic rings. The highest BCUT2D eigenvalue weighted by atomic mass is 16.5. The first-order valence-corrected chi connectivity index (χ1v) is 8.07. The summed E-state index contributed by atoms with van der Waals surface area (Å²) in [5.74, 6) is -0.251. The van der Waals surface area contributed by atoms with Crippen LogP contribution < -0.4 is 4.90 Å². The van der Waals surface area contributed by atoms with Gasteiger partial charge in [-0.2, -0.15) is 0 Å². The Kier molecular flexibility index (Phi) is 4.38. The molecule has 1 amide bonds. The van der Waals surface area contributed by atoms with Crippen molar-refractivity contribution in [2.45, 2.75) is 24.7 Å². The number of hydrogen-bond donors (Lipinski definition) is 0. The number of para-hydroxylation sites is 1. The minimum atomic E-state index is -0.721. The third kappa shape index (κ3) is 2.68. The molecule has 0 saturated heterocycles. The second kappa shape index (κ2) is 6.48. The maximum absolute atomic E-state index is 13.2. The number of nitrogens with zero attached hydrogens (tertiary/aromatic N) is 1. The zero-order valence-electron chi connectivity index (χ0n) is 14.0. The topological polar surface area (TPSA) is 46.6 Å². The van der Waals surface area contributed by atoms with Crippen molar-refractivity contribution in [2.75, 3.05) is 19.1 Å². The van der Waals surface area contributed by atoms with E-state index in [1.807, 2.05) is 54.6 Å². The van der Waals surface area contributed by atoms with E-state index in [0.717, 1.165) is 16.8 Å².